The summed E-state index contributed by atoms with van der Waals surface area (Å²) in [5, 5.41) is 9.31. The van der Waals surface area contributed by atoms with E-state index in [0.29, 0.717) is 11.1 Å². The van der Waals surface area contributed by atoms with Crippen molar-refractivity contribution in [2.24, 2.45) is 5.92 Å². The van der Waals surface area contributed by atoms with Crippen molar-refractivity contribution >= 4 is 11.9 Å². The maximum absolute atomic E-state index is 12.9. The fourth-order valence-electron chi connectivity index (χ4n) is 4.17. The van der Waals surface area contributed by atoms with E-state index in [9.17, 15) is 14.7 Å². The van der Waals surface area contributed by atoms with Crippen molar-refractivity contribution in [3.8, 4) is 11.1 Å². The highest BCUT2D eigenvalue weighted by Gasteiger charge is 2.34. The maximum atomic E-state index is 12.9. The molecular formula is C25H22O4. The molecule has 146 valence electrons. The van der Waals surface area contributed by atoms with E-state index in [2.05, 4.69) is 25.1 Å². The van der Waals surface area contributed by atoms with Gasteiger partial charge in [-0.2, -0.15) is 0 Å². The van der Waals surface area contributed by atoms with Crippen LogP contribution in [0.15, 0.2) is 66.7 Å². The third kappa shape index (κ3) is 3.42. The van der Waals surface area contributed by atoms with Crippen molar-refractivity contribution in [1.82, 2.24) is 0 Å². The fourth-order valence-corrected chi connectivity index (χ4v) is 4.17. The van der Waals surface area contributed by atoms with E-state index in [4.69, 9.17) is 4.74 Å². The van der Waals surface area contributed by atoms with Crippen LogP contribution in [0.1, 0.15) is 50.4 Å². The van der Waals surface area contributed by atoms with Crippen LogP contribution in [0, 0.1) is 12.8 Å². The number of carboxylic acids is 1. The summed E-state index contributed by atoms with van der Waals surface area (Å²) < 4.78 is 5.91. The summed E-state index contributed by atoms with van der Waals surface area (Å²) >= 11 is 0. The van der Waals surface area contributed by atoms with Gasteiger partial charge in [0, 0.05) is 5.92 Å². The predicted octanol–water partition coefficient (Wildman–Crippen LogP) is 5.45. The standard InChI is InChI=1S/C25H22O4/c1-15-14-22-20(17-8-4-3-5-9-17)12-7-13-21(22)23(15)29-25(28)19-11-6-10-18(16(19)2)24(26)27/h3-13,15,23H,14H2,1-2H3,(H,26,27). The molecule has 0 radical (unpaired) electrons. The molecule has 2 atom stereocenters. The second-order valence-corrected chi connectivity index (χ2v) is 7.53. The zero-order valence-corrected chi connectivity index (χ0v) is 16.4. The Bertz CT molecular complexity index is 1090. The second kappa shape index (κ2) is 7.55. The van der Waals surface area contributed by atoms with E-state index < -0.39 is 11.9 Å². The van der Waals surface area contributed by atoms with Gasteiger partial charge in [0.25, 0.3) is 0 Å². The Morgan fingerprint density at radius 2 is 1.62 bits per heavy atom. The number of aromatic carboxylic acids is 1. The Morgan fingerprint density at radius 3 is 2.34 bits per heavy atom. The fraction of sp³-hybridized carbons (Fsp3) is 0.200. The molecule has 1 aliphatic rings. The van der Waals surface area contributed by atoms with E-state index in [1.54, 1.807) is 19.1 Å². The van der Waals surface area contributed by atoms with Crippen molar-refractivity contribution in [2.45, 2.75) is 26.4 Å². The first kappa shape index (κ1) is 18.9. The zero-order valence-electron chi connectivity index (χ0n) is 16.4. The average Bonchev–Trinajstić information content (AvgIpc) is 3.03. The molecule has 2 unspecified atom stereocenters. The summed E-state index contributed by atoms with van der Waals surface area (Å²) in [4.78, 5) is 24.3. The summed E-state index contributed by atoms with van der Waals surface area (Å²) in [5.41, 5.74) is 5.38. The largest absolute Gasteiger partial charge is 0.478 e. The molecule has 3 aromatic rings. The van der Waals surface area contributed by atoms with Gasteiger partial charge in [-0.3, -0.25) is 0 Å². The highest BCUT2D eigenvalue weighted by Crippen LogP contribution is 2.43. The molecule has 0 spiro atoms. The number of fused-ring (bicyclic) bond motifs is 1. The van der Waals surface area contributed by atoms with Crippen molar-refractivity contribution in [3.05, 3.63) is 94.5 Å². The number of hydrogen-bond acceptors (Lipinski definition) is 3. The summed E-state index contributed by atoms with van der Waals surface area (Å²) in [6.45, 7) is 3.72. The minimum Gasteiger partial charge on any atom is -0.478 e. The molecule has 4 nitrogen and oxygen atoms in total. The molecule has 4 rings (SSSR count). The molecule has 1 N–H and O–H groups in total. The van der Waals surface area contributed by atoms with Crippen molar-refractivity contribution in [1.29, 1.82) is 0 Å². The van der Waals surface area contributed by atoms with E-state index in [1.807, 2.05) is 30.3 Å². The summed E-state index contributed by atoms with van der Waals surface area (Å²) in [6.07, 6.45) is 0.473. The van der Waals surface area contributed by atoms with E-state index in [0.717, 1.165) is 23.1 Å². The maximum Gasteiger partial charge on any atom is 0.339 e. The number of hydrogen-bond donors (Lipinski definition) is 1. The van der Waals surface area contributed by atoms with Crippen LogP contribution in [0.3, 0.4) is 0 Å². The van der Waals surface area contributed by atoms with Crippen molar-refractivity contribution in [2.75, 3.05) is 0 Å². The highest BCUT2D eigenvalue weighted by atomic mass is 16.5. The molecule has 0 saturated heterocycles. The monoisotopic (exact) mass is 386 g/mol. The first-order chi connectivity index (χ1) is 14.0. The Balaban J connectivity index is 1.67. The lowest BCUT2D eigenvalue weighted by molar-refractivity contribution is 0.0194. The Kier molecular flexibility index (Phi) is 4.93. The number of ether oxygens (including phenoxy) is 1. The number of esters is 1. The minimum absolute atomic E-state index is 0.116. The number of benzene rings is 3. The number of carboxylic acid groups (broad SMARTS) is 1. The smallest absolute Gasteiger partial charge is 0.339 e. The lowest BCUT2D eigenvalue weighted by Crippen LogP contribution is -2.16. The summed E-state index contributed by atoms with van der Waals surface area (Å²) in [6, 6.07) is 21.0. The van der Waals surface area contributed by atoms with Gasteiger partial charge in [0.1, 0.15) is 6.10 Å². The van der Waals surface area contributed by atoms with Crippen LogP contribution in [0.4, 0.5) is 0 Å². The molecule has 0 aliphatic heterocycles. The van der Waals surface area contributed by atoms with Crippen molar-refractivity contribution in [3.63, 3.8) is 0 Å². The zero-order chi connectivity index (χ0) is 20.5. The second-order valence-electron chi connectivity index (χ2n) is 7.53. The first-order valence-electron chi connectivity index (χ1n) is 9.68. The molecule has 0 heterocycles. The van der Waals surface area contributed by atoms with Gasteiger partial charge in [-0.1, -0.05) is 61.5 Å². The normalized spacial score (nSPS) is 17.6. The Labute approximate surface area is 169 Å². The molecule has 29 heavy (non-hydrogen) atoms. The van der Waals surface area contributed by atoms with Crippen LogP contribution in [-0.2, 0) is 11.2 Å². The van der Waals surface area contributed by atoms with Gasteiger partial charge in [0.05, 0.1) is 11.1 Å². The average molecular weight is 386 g/mol. The predicted molar refractivity (Wildman–Crippen MR) is 111 cm³/mol. The van der Waals surface area contributed by atoms with Crippen LogP contribution < -0.4 is 0 Å². The molecule has 3 aromatic carbocycles. The van der Waals surface area contributed by atoms with Gasteiger partial charge in [-0.05, 0) is 53.3 Å². The molecule has 0 aromatic heterocycles. The van der Waals surface area contributed by atoms with E-state index >= 15 is 0 Å². The van der Waals surface area contributed by atoms with Gasteiger partial charge < -0.3 is 9.84 Å². The number of carbonyl (C=O) groups excluding carboxylic acids is 1. The molecule has 4 heteroatoms. The van der Waals surface area contributed by atoms with Gasteiger partial charge in [-0.15, -0.1) is 0 Å². The Morgan fingerprint density at radius 1 is 0.931 bits per heavy atom. The Hall–Kier alpha value is -3.40. The topological polar surface area (TPSA) is 63.6 Å². The molecule has 0 fully saturated rings. The molecule has 0 saturated carbocycles. The third-order valence-corrected chi connectivity index (χ3v) is 5.66. The van der Waals surface area contributed by atoms with Crippen molar-refractivity contribution < 1.29 is 19.4 Å². The lowest BCUT2D eigenvalue weighted by atomic mass is 9.97. The number of rotatable bonds is 4. The first-order valence-corrected chi connectivity index (χ1v) is 9.68. The number of carbonyl (C=O) groups is 2. The molecular weight excluding hydrogens is 364 g/mol. The van der Waals surface area contributed by atoms with Crippen LogP contribution in [0.25, 0.3) is 11.1 Å². The summed E-state index contributed by atoms with van der Waals surface area (Å²) in [7, 11) is 0. The third-order valence-electron chi connectivity index (χ3n) is 5.66. The molecule has 1 aliphatic carbocycles. The van der Waals surface area contributed by atoms with Gasteiger partial charge in [-0.25, -0.2) is 9.59 Å². The van der Waals surface area contributed by atoms with Gasteiger partial charge >= 0.3 is 11.9 Å². The van der Waals surface area contributed by atoms with E-state index in [1.165, 1.54) is 11.6 Å². The van der Waals surface area contributed by atoms with Crippen LogP contribution in [0.2, 0.25) is 0 Å². The SMILES string of the molecule is Cc1c(C(=O)O)cccc1C(=O)OC1c2cccc(-c3ccccc3)c2CC1C. The minimum atomic E-state index is -1.05. The quantitative estimate of drug-likeness (QED) is 0.606. The van der Waals surface area contributed by atoms with E-state index in [-0.39, 0.29) is 17.6 Å². The lowest BCUT2D eigenvalue weighted by Gasteiger charge is -2.19. The van der Waals surface area contributed by atoms with Gasteiger partial charge in [0.15, 0.2) is 0 Å². The highest BCUT2D eigenvalue weighted by molar-refractivity contribution is 5.97. The summed E-state index contributed by atoms with van der Waals surface area (Å²) in [5.74, 6) is -1.40. The van der Waals surface area contributed by atoms with Crippen LogP contribution in [0.5, 0.6) is 0 Å². The molecule has 0 amide bonds. The van der Waals surface area contributed by atoms with Gasteiger partial charge in [0.2, 0.25) is 0 Å². The molecule has 0 bridgehead atoms. The van der Waals surface area contributed by atoms with Crippen LogP contribution in [-0.4, -0.2) is 17.0 Å². The van der Waals surface area contributed by atoms with Crippen LogP contribution >= 0.6 is 0 Å².